The minimum atomic E-state index is -0.562. The second kappa shape index (κ2) is 3.52. The zero-order valence-electron chi connectivity index (χ0n) is 10.3. The van der Waals surface area contributed by atoms with Crippen LogP contribution in [0.15, 0.2) is 0 Å². The quantitative estimate of drug-likeness (QED) is 0.584. The van der Waals surface area contributed by atoms with Crippen LogP contribution in [0.2, 0.25) is 0 Å². The number of hydrogen-bond donors (Lipinski definition) is 1. The monoisotopic (exact) mass is 342 g/mol. The number of halogens is 1. The van der Waals surface area contributed by atoms with Crippen LogP contribution in [0.5, 0.6) is 0 Å². The van der Waals surface area contributed by atoms with Crippen molar-refractivity contribution in [1.82, 2.24) is 0 Å². The standard InChI is InChI=1S/C13H19BrO2.Fe/c1-10-3-11(2)5-12(4-10,9(15)16)8-13(14,6-10)7-11;/h3-8H2,1-2H3,(H,15,16);. The van der Waals surface area contributed by atoms with Crippen LogP contribution in [0.3, 0.4) is 0 Å². The van der Waals surface area contributed by atoms with Gasteiger partial charge in [0.05, 0.1) is 5.41 Å². The summed E-state index contributed by atoms with van der Waals surface area (Å²) in [4.78, 5) is 11.7. The SMILES string of the molecule is CC12CC3(C)CC(Br)(C1)CC(C(=O)O)(C2)C3.[Fe]. The molecule has 0 amide bonds. The molecule has 4 rings (SSSR count). The smallest absolute Gasteiger partial charge is 0.309 e. The number of hydrogen-bond acceptors (Lipinski definition) is 1. The summed E-state index contributed by atoms with van der Waals surface area (Å²) in [7, 11) is 0. The van der Waals surface area contributed by atoms with Crippen LogP contribution in [0.4, 0.5) is 0 Å². The van der Waals surface area contributed by atoms with E-state index in [1.165, 1.54) is 6.42 Å². The molecule has 4 bridgehead atoms. The fourth-order valence-corrected chi connectivity index (χ4v) is 7.67. The number of aliphatic carboxylic acids is 1. The van der Waals surface area contributed by atoms with Gasteiger partial charge in [-0.2, -0.15) is 0 Å². The summed E-state index contributed by atoms with van der Waals surface area (Å²) in [5.74, 6) is -0.562. The first kappa shape index (κ1) is 13.9. The van der Waals surface area contributed by atoms with Crippen molar-refractivity contribution >= 4 is 21.9 Å². The molecule has 2 unspecified atom stereocenters. The summed E-state index contributed by atoms with van der Waals surface area (Å²) in [6, 6.07) is 0. The molecule has 4 aliphatic rings. The van der Waals surface area contributed by atoms with Crippen LogP contribution >= 0.6 is 15.9 Å². The van der Waals surface area contributed by atoms with Crippen LogP contribution < -0.4 is 0 Å². The Hall–Kier alpha value is 0.469. The van der Waals surface area contributed by atoms with Crippen molar-refractivity contribution in [2.75, 3.05) is 0 Å². The van der Waals surface area contributed by atoms with Crippen molar-refractivity contribution in [2.24, 2.45) is 16.2 Å². The van der Waals surface area contributed by atoms with Crippen molar-refractivity contribution < 1.29 is 27.0 Å². The summed E-state index contributed by atoms with van der Waals surface area (Å²) in [6.07, 6.45) is 6.13. The predicted octanol–water partition coefficient (Wildman–Crippen LogP) is 3.58. The van der Waals surface area contributed by atoms with Crippen molar-refractivity contribution in [1.29, 1.82) is 0 Å². The van der Waals surface area contributed by atoms with E-state index in [4.69, 9.17) is 0 Å². The van der Waals surface area contributed by atoms with E-state index in [2.05, 4.69) is 29.8 Å². The van der Waals surface area contributed by atoms with Crippen LogP contribution in [0, 0.1) is 16.2 Å². The first-order chi connectivity index (χ1) is 7.19. The molecule has 0 saturated heterocycles. The summed E-state index contributed by atoms with van der Waals surface area (Å²) in [5, 5.41) is 9.60. The Balaban J connectivity index is 0.00000108. The molecule has 17 heavy (non-hydrogen) atoms. The average Bonchev–Trinajstić information content (AvgIpc) is 1.92. The maximum Gasteiger partial charge on any atom is 0.309 e. The molecule has 4 saturated carbocycles. The van der Waals surface area contributed by atoms with Gasteiger partial charge in [0.1, 0.15) is 0 Å². The predicted molar refractivity (Wildman–Crippen MR) is 65.6 cm³/mol. The second-order valence-electron chi connectivity index (χ2n) is 7.42. The van der Waals surface area contributed by atoms with Crippen LogP contribution in [-0.2, 0) is 21.9 Å². The Morgan fingerprint density at radius 1 is 1.00 bits per heavy atom. The summed E-state index contributed by atoms with van der Waals surface area (Å²) in [5.41, 5.74) is 0.0402. The summed E-state index contributed by atoms with van der Waals surface area (Å²) >= 11 is 3.87. The van der Waals surface area contributed by atoms with Gasteiger partial charge in [-0.25, -0.2) is 0 Å². The largest absolute Gasteiger partial charge is 0.481 e. The van der Waals surface area contributed by atoms with E-state index < -0.39 is 11.4 Å². The number of rotatable bonds is 1. The molecule has 2 atom stereocenters. The molecule has 98 valence electrons. The van der Waals surface area contributed by atoms with Gasteiger partial charge in [-0.3, -0.25) is 4.79 Å². The normalized spacial score (nSPS) is 55.5. The molecule has 0 radical (unpaired) electrons. The summed E-state index contributed by atoms with van der Waals surface area (Å²) < 4.78 is 0.101. The van der Waals surface area contributed by atoms with Gasteiger partial charge >= 0.3 is 5.97 Å². The molecule has 4 heteroatoms. The Morgan fingerprint density at radius 3 is 1.82 bits per heavy atom. The van der Waals surface area contributed by atoms with Gasteiger partial charge in [-0.1, -0.05) is 29.8 Å². The number of carboxylic acid groups (broad SMARTS) is 1. The molecule has 2 nitrogen and oxygen atoms in total. The van der Waals surface area contributed by atoms with Gasteiger partial charge in [0.2, 0.25) is 0 Å². The minimum Gasteiger partial charge on any atom is -0.481 e. The average molecular weight is 343 g/mol. The van der Waals surface area contributed by atoms with E-state index in [0.717, 1.165) is 32.1 Å². The summed E-state index contributed by atoms with van der Waals surface area (Å²) in [6.45, 7) is 4.58. The molecule has 0 heterocycles. The first-order valence-electron chi connectivity index (χ1n) is 6.11. The Kier molecular flexibility index (Phi) is 2.87. The zero-order chi connectivity index (χ0) is 11.8. The van der Waals surface area contributed by atoms with Crippen molar-refractivity contribution in [3.63, 3.8) is 0 Å². The van der Waals surface area contributed by atoms with Gasteiger partial charge in [-0.15, -0.1) is 0 Å². The number of alkyl halides is 1. The van der Waals surface area contributed by atoms with Crippen molar-refractivity contribution in [2.45, 2.75) is 56.7 Å². The maximum absolute atomic E-state index is 11.7. The van der Waals surface area contributed by atoms with E-state index >= 15 is 0 Å². The van der Waals surface area contributed by atoms with Crippen LogP contribution in [-0.4, -0.2) is 15.4 Å². The molecule has 4 aliphatic carbocycles. The van der Waals surface area contributed by atoms with Gasteiger partial charge in [0, 0.05) is 21.4 Å². The van der Waals surface area contributed by atoms with E-state index in [1.54, 1.807) is 0 Å². The molecule has 1 N–H and O–H groups in total. The second-order valence-corrected chi connectivity index (χ2v) is 9.10. The molecule has 0 aromatic rings. The molecule has 0 aromatic carbocycles. The molecule has 0 spiro atoms. The fourth-order valence-electron chi connectivity index (χ4n) is 5.78. The molecule has 4 fully saturated rings. The third-order valence-corrected chi connectivity index (χ3v) is 5.82. The number of carbonyl (C=O) groups is 1. The van der Waals surface area contributed by atoms with E-state index in [0.29, 0.717) is 0 Å². The third-order valence-electron chi connectivity index (χ3n) is 4.98. The topological polar surface area (TPSA) is 37.3 Å². The van der Waals surface area contributed by atoms with Crippen molar-refractivity contribution in [3.05, 3.63) is 0 Å². The van der Waals surface area contributed by atoms with E-state index in [9.17, 15) is 9.90 Å². The van der Waals surface area contributed by atoms with Crippen LogP contribution in [0.25, 0.3) is 0 Å². The Bertz CT molecular complexity index is 328. The molecular formula is C13H19BrFeO2. The zero-order valence-corrected chi connectivity index (χ0v) is 13.0. The maximum atomic E-state index is 11.7. The van der Waals surface area contributed by atoms with Gasteiger partial charge in [0.15, 0.2) is 0 Å². The number of carboxylic acids is 1. The van der Waals surface area contributed by atoms with Gasteiger partial charge < -0.3 is 5.11 Å². The minimum absolute atomic E-state index is 0. The third kappa shape index (κ3) is 1.91. The Labute approximate surface area is 122 Å². The molecule has 0 aromatic heterocycles. The first-order valence-corrected chi connectivity index (χ1v) is 6.90. The fraction of sp³-hybridized carbons (Fsp3) is 0.923. The van der Waals surface area contributed by atoms with Crippen molar-refractivity contribution in [3.8, 4) is 0 Å². The van der Waals surface area contributed by atoms with Gasteiger partial charge in [0.25, 0.3) is 0 Å². The van der Waals surface area contributed by atoms with E-state index in [-0.39, 0.29) is 32.2 Å². The van der Waals surface area contributed by atoms with Crippen LogP contribution in [0.1, 0.15) is 52.4 Å². The Morgan fingerprint density at radius 2 is 1.47 bits per heavy atom. The van der Waals surface area contributed by atoms with Gasteiger partial charge in [-0.05, 0) is 49.4 Å². The molecule has 0 aliphatic heterocycles. The molecular weight excluding hydrogens is 324 g/mol. The van der Waals surface area contributed by atoms with E-state index in [1.807, 2.05) is 0 Å².